The van der Waals surface area contributed by atoms with Crippen LogP contribution in [0.4, 0.5) is 4.39 Å². The zero-order valence-electron chi connectivity index (χ0n) is 8.21. The number of aromatic nitrogens is 1. The van der Waals surface area contributed by atoms with Gasteiger partial charge in [0.25, 0.3) is 0 Å². The van der Waals surface area contributed by atoms with Crippen molar-refractivity contribution in [1.29, 1.82) is 0 Å². The number of rotatable bonds is 1. The van der Waals surface area contributed by atoms with Crippen LogP contribution in [0, 0.1) is 6.92 Å². The fourth-order valence-electron chi connectivity index (χ4n) is 1.38. The highest BCUT2D eigenvalue weighted by atomic mass is 19.1. The van der Waals surface area contributed by atoms with Gasteiger partial charge < -0.3 is 0 Å². The van der Waals surface area contributed by atoms with Crippen LogP contribution in [0.25, 0.3) is 0 Å². The van der Waals surface area contributed by atoms with E-state index in [0.717, 1.165) is 17.0 Å². The minimum atomic E-state index is -0.347. The molecule has 1 aromatic rings. The molecule has 0 saturated heterocycles. The molecule has 0 aromatic carbocycles. The van der Waals surface area contributed by atoms with Crippen LogP contribution in [-0.4, -0.2) is 10.7 Å². The lowest BCUT2D eigenvalue weighted by atomic mass is 10.1. The van der Waals surface area contributed by atoms with Gasteiger partial charge in [0.2, 0.25) is 5.95 Å². The van der Waals surface area contributed by atoms with Gasteiger partial charge in [0.05, 0.1) is 5.71 Å². The summed E-state index contributed by atoms with van der Waals surface area (Å²) in [5, 5.41) is 0. The summed E-state index contributed by atoms with van der Waals surface area (Å²) >= 11 is 0. The summed E-state index contributed by atoms with van der Waals surface area (Å²) in [5.74, 6) is -0.347. The lowest BCUT2D eigenvalue weighted by molar-refractivity contribution is 0.622. The molecule has 0 saturated carbocycles. The van der Waals surface area contributed by atoms with Crippen molar-refractivity contribution in [3.63, 3.8) is 0 Å². The number of aryl methyl sites for hydroxylation is 1. The molecule has 0 atom stereocenters. The van der Waals surface area contributed by atoms with Gasteiger partial charge in [-0.15, -0.1) is 0 Å². The Balaban J connectivity index is 2.28. The molecule has 0 fully saturated rings. The van der Waals surface area contributed by atoms with Crippen LogP contribution >= 0.6 is 0 Å². The standard InChI is InChI=1S/C11H11FN2/c1-7-5-10(14-11(7)12)9-4-3-8(2)13-6-9/h3-4,6H,5H2,1-2H3. The molecule has 0 bridgehead atoms. The summed E-state index contributed by atoms with van der Waals surface area (Å²) in [6, 6.07) is 3.83. The summed E-state index contributed by atoms with van der Waals surface area (Å²) in [5.41, 5.74) is 3.33. The molecule has 2 heterocycles. The van der Waals surface area contributed by atoms with Crippen molar-refractivity contribution in [2.45, 2.75) is 20.3 Å². The van der Waals surface area contributed by atoms with Crippen molar-refractivity contribution in [2.24, 2.45) is 4.99 Å². The van der Waals surface area contributed by atoms with Crippen LogP contribution < -0.4 is 0 Å². The normalized spacial score (nSPS) is 16.1. The van der Waals surface area contributed by atoms with Gasteiger partial charge in [-0.3, -0.25) is 4.98 Å². The van der Waals surface area contributed by atoms with Gasteiger partial charge in [-0.05, 0) is 31.6 Å². The van der Waals surface area contributed by atoms with Crippen molar-refractivity contribution in [2.75, 3.05) is 0 Å². The third-order valence-corrected chi connectivity index (χ3v) is 2.26. The van der Waals surface area contributed by atoms with Crippen LogP contribution in [0.3, 0.4) is 0 Å². The van der Waals surface area contributed by atoms with Crippen LogP contribution in [0.1, 0.15) is 24.6 Å². The van der Waals surface area contributed by atoms with E-state index < -0.39 is 0 Å². The van der Waals surface area contributed by atoms with E-state index in [1.54, 1.807) is 13.1 Å². The predicted molar refractivity (Wildman–Crippen MR) is 53.9 cm³/mol. The quantitative estimate of drug-likeness (QED) is 0.625. The summed E-state index contributed by atoms with van der Waals surface area (Å²) in [6.45, 7) is 3.68. The molecule has 3 heteroatoms. The van der Waals surface area contributed by atoms with Crippen LogP contribution in [0.15, 0.2) is 34.8 Å². The summed E-state index contributed by atoms with van der Waals surface area (Å²) in [7, 11) is 0. The largest absolute Gasteiger partial charge is 0.261 e. The van der Waals surface area contributed by atoms with E-state index in [-0.39, 0.29) is 5.95 Å². The number of pyridine rings is 1. The van der Waals surface area contributed by atoms with E-state index >= 15 is 0 Å². The fourth-order valence-corrected chi connectivity index (χ4v) is 1.38. The van der Waals surface area contributed by atoms with Crippen LogP contribution in [0.5, 0.6) is 0 Å². The molecule has 0 N–H and O–H groups in total. The molecule has 0 unspecified atom stereocenters. The molecule has 1 aromatic heterocycles. The van der Waals surface area contributed by atoms with E-state index in [1.807, 2.05) is 19.1 Å². The van der Waals surface area contributed by atoms with E-state index in [2.05, 4.69) is 9.98 Å². The Hall–Kier alpha value is -1.51. The summed E-state index contributed by atoms with van der Waals surface area (Å²) in [6.07, 6.45) is 2.33. The Morgan fingerprint density at radius 1 is 1.29 bits per heavy atom. The number of hydrogen-bond acceptors (Lipinski definition) is 2. The molecule has 0 radical (unpaired) electrons. The average Bonchev–Trinajstić information content (AvgIpc) is 2.48. The van der Waals surface area contributed by atoms with Gasteiger partial charge in [0.15, 0.2) is 0 Å². The van der Waals surface area contributed by atoms with Crippen molar-refractivity contribution in [3.05, 3.63) is 41.1 Å². The molecular weight excluding hydrogens is 179 g/mol. The van der Waals surface area contributed by atoms with Gasteiger partial charge in [0.1, 0.15) is 0 Å². The SMILES string of the molecule is CC1=C(F)N=C(c2ccc(C)nc2)C1. The summed E-state index contributed by atoms with van der Waals surface area (Å²) in [4.78, 5) is 8.01. The number of halogens is 1. The van der Waals surface area contributed by atoms with Crippen LogP contribution in [-0.2, 0) is 0 Å². The second-order valence-electron chi connectivity index (χ2n) is 3.49. The molecule has 0 amide bonds. The second-order valence-corrected chi connectivity index (χ2v) is 3.49. The monoisotopic (exact) mass is 190 g/mol. The van der Waals surface area contributed by atoms with Crippen LogP contribution in [0.2, 0.25) is 0 Å². The van der Waals surface area contributed by atoms with Gasteiger partial charge in [-0.2, -0.15) is 4.39 Å². The van der Waals surface area contributed by atoms with E-state index in [1.165, 1.54) is 0 Å². The molecule has 72 valence electrons. The molecule has 0 spiro atoms. The third-order valence-electron chi connectivity index (χ3n) is 2.26. The first-order valence-electron chi connectivity index (χ1n) is 4.52. The van der Waals surface area contributed by atoms with Gasteiger partial charge in [-0.25, -0.2) is 4.99 Å². The molecule has 2 nitrogen and oxygen atoms in total. The first-order chi connectivity index (χ1) is 6.66. The Labute approximate surface area is 82.2 Å². The second kappa shape index (κ2) is 3.33. The van der Waals surface area contributed by atoms with Crippen molar-refractivity contribution < 1.29 is 4.39 Å². The minimum absolute atomic E-state index is 0.347. The highest BCUT2D eigenvalue weighted by molar-refractivity contribution is 6.03. The van der Waals surface area contributed by atoms with Gasteiger partial charge in [-0.1, -0.05) is 0 Å². The van der Waals surface area contributed by atoms with Gasteiger partial charge in [0, 0.05) is 23.9 Å². The van der Waals surface area contributed by atoms with Crippen molar-refractivity contribution in [1.82, 2.24) is 4.98 Å². The minimum Gasteiger partial charge on any atom is -0.261 e. The number of aliphatic imine (C=N–C) groups is 1. The van der Waals surface area contributed by atoms with Crippen molar-refractivity contribution >= 4 is 5.71 Å². The molecular formula is C11H11FN2. The zero-order chi connectivity index (χ0) is 10.1. The molecule has 2 rings (SSSR count). The van der Waals surface area contributed by atoms with Crippen molar-refractivity contribution in [3.8, 4) is 0 Å². The lowest BCUT2D eigenvalue weighted by Crippen LogP contribution is -1.98. The number of nitrogens with zero attached hydrogens (tertiary/aromatic N) is 2. The first kappa shape index (κ1) is 9.06. The smallest absolute Gasteiger partial charge is 0.212 e. The van der Waals surface area contributed by atoms with E-state index in [4.69, 9.17) is 0 Å². The van der Waals surface area contributed by atoms with E-state index in [0.29, 0.717) is 12.0 Å². The fraction of sp³-hybridized carbons (Fsp3) is 0.273. The highest BCUT2D eigenvalue weighted by Gasteiger charge is 2.15. The first-order valence-corrected chi connectivity index (χ1v) is 4.52. The Bertz CT molecular complexity index is 415. The average molecular weight is 190 g/mol. The Kier molecular flexibility index (Phi) is 2.15. The number of hydrogen-bond donors (Lipinski definition) is 0. The number of allylic oxidation sites excluding steroid dienone is 1. The topological polar surface area (TPSA) is 25.2 Å². The highest BCUT2D eigenvalue weighted by Crippen LogP contribution is 2.23. The summed E-state index contributed by atoms with van der Waals surface area (Å²) < 4.78 is 13.0. The molecule has 14 heavy (non-hydrogen) atoms. The molecule has 0 aliphatic carbocycles. The Morgan fingerprint density at radius 3 is 2.57 bits per heavy atom. The maximum atomic E-state index is 13.0. The zero-order valence-corrected chi connectivity index (χ0v) is 8.21. The maximum Gasteiger partial charge on any atom is 0.212 e. The third kappa shape index (κ3) is 1.58. The lowest BCUT2D eigenvalue weighted by Gasteiger charge is -1.99. The Morgan fingerprint density at radius 2 is 2.07 bits per heavy atom. The molecule has 1 aliphatic heterocycles. The molecule has 1 aliphatic rings. The van der Waals surface area contributed by atoms with E-state index in [9.17, 15) is 4.39 Å². The maximum absolute atomic E-state index is 13.0. The van der Waals surface area contributed by atoms with Gasteiger partial charge >= 0.3 is 0 Å². The predicted octanol–water partition coefficient (Wildman–Crippen LogP) is 2.78.